The number of halogens is 2. The van der Waals surface area contributed by atoms with E-state index in [0.29, 0.717) is 48.7 Å². The predicted molar refractivity (Wildman–Crippen MR) is 110 cm³/mol. The topological polar surface area (TPSA) is 75.6 Å². The molecule has 30 heavy (non-hydrogen) atoms. The third kappa shape index (κ3) is 2.98. The molecule has 3 saturated heterocycles. The number of hydrogen-bond acceptors (Lipinski definition) is 8. The molecule has 0 amide bonds. The van der Waals surface area contributed by atoms with Crippen LogP contribution in [0.3, 0.4) is 0 Å². The number of alkyl halides is 1. The average molecular weight is 435 g/mol. The fourth-order valence-corrected chi connectivity index (χ4v) is 5.62. The van der Waals surface area contributed by atoms with Crippen molar-refractivity contribution in [3.05, 3.63) is 11.2 Å². The first kappa shape index (κ1) is 18.8. The lowest BCUT2D eigenvalue weighted by Crippen LogP contribution is -2.53. The summed E-state index contributed by atoms with van der Waals surface area (Å²) >= 11 is 6.24. The summed E-state index contributed by atoms with van der Waals surface area (Å²) in [5, 5.41) is 4.49. The first-order chi connectivity index (χ1) is 14.6. The molecule has 160 valence electrons. The summed E-state index contributed by atoms with van der Waals surface area (Å²) in [6.07, 6.45) is 1.75. The number of pyridine rings is 1. The summed E-state index contributed by atoms with van der Waals surface area (Å²) in [7, 11) is 0. The molecule has 0 radical (unpaired) electrons. The maximum Gasteiger partial charge on any atom is 0.319 e. The third-order valence-corrected chi connectivity index (χ3v) is 7.03. The number of fused-ring (bicyclic) bond motifs is 3. The lowest BCUT2D eigenvalue weighted by Gasteiger charge is -2.35. The number of aromatic nitrogens is 3. The molecule has 1 N–H and O–H groups in total. The Hall–Kier alpha value is -1.97. The zero-order valence-corrected chi connectivity index (χ0v) is 17.4. The van der Waals surface area contributed by atoms with Crippen molar-refractivity contribution >= 4 is 28.3 Å². The molecular weight excluding hydrogens is 411 g/mol. The van der Waals surface area contributed by atoms with Crippen molar-refractivity contribution in [1.82, 2.24) is 25.2 Å². The third-order valence-electron chi connectivity index (χ3n) is 6.84. The van der Waals surface area contributed by atoms with E-state index in [-0.39, 0.29) is 11.6 Å². The van der Waals surface area contributed by atoms with Crippen molar-refractivity contribution in [3.8, 4) is 11.9 Å². The molecule has 3 fully saturated rings. The highest BCUT2D eigenvalue weighted by atomic mass is 35.5. The number of nitrogens with zero attached hydrogens (tertiary/aromatic N) is 5. The molecule has 8 nitrogen and oxygen atoms in total. The van der Waals surface area contributed by atoms with Gasteiger partial charge in [-0.05, 0) is 19.4 Å². The van der Waals surface area contributed by atoms with E-state index in [1.807, 2.05) is 0 Å². The van der Waals surface area contributed by atoms with E-state index in [4.69, 9.17) is 26.1 Å². The Morgan fingerprint density at radius 1 is 1.33 bits per heavy atom. The number of anilines is 1. The minimum Gasteiger partial charge on any atom is -0.475 e. The fourth-order valence-electron chi connectivity index (χ4n) is 5.44. The number of piperazine rings is 1. The van der Waals surface area contributed by atoms with E-state index in [1.165, 1.54) is 0 Å². The van der Waals surface area contributed by atoms with Crippen LogP contribution >= 0.6 is 11.6 Å². The molecule has 2 aromatic rings. The van der Waals surface area contributed by atoms with E-state index < -0.39 is 6.17 Å². The van der Waals surface area contributed by atoms with E-state index in [2.05, 4.69) is 25.1 Å². The van der Waals surface area contributed by atoms with Crippen LogP contribution in [0.2, 0.25) is 5.15 Å². The summed E-state index contributed by atoms with van der Waals surface area (Å²) in [6, 6.07) is 2.16. The molecule has 3 atom stereocenters. The standard InChI is InChI=1S/C20H24ClFN6O2/c21-15-6-14-16-17(28-5-3-23-8-13(28)10-29-18(16)25-15)26-19(24-14)30-11-20-2-1-4-27(20)9-12(22)7-20/h6,12-13,23H,1-5,7-11H2/t12-,13-,20?/m1/s1. The van der Waals surface area contributed by atoms with Gasteiger partial charge in [0.15, 0.2) is 0 Å². The Bertz CT molecular complexity index is 995. The highest BCUT2D eigenvalue weighted by molar-refractivity contribution is 6.30. The number of hydrogen-bond donors (Lipinski definition) is 1. The van der Waals surface area contributed by atoms with Gasteiger partial charge in [0, 0.05) is 38.7 Å². The van der Waals surface area contributed by atoms with Crippen LogP contribution in [0.1, 0.15) is 19.3 Å². The van der Waals surface area contributed by atoms with Crippen LogP contribution in [0.25, 0.3) is 10.9 Å². The summed E-state index contributed by atoms with van der Waals surface area (Å²) in [5.41, 5.74) is 0.410. The van der Waals surface area contributed by atoms with Gasteiger partial charge in [0.2, 0.25) is 5.88 Å². The zero-order chi connectivity index (χ0) is 20.3. The van der Waals surface area contributed by atoms with E-state index in [9.17, 15) is 4.39 Å². The lowest BCUT2D eigenvalue weighted by molar-refractivity contribution is 0.107. The predicted octanol–water partition coefficient (Wildman–Crippen LogP) is 1.80. The Morgan fingerprint density at radius 2 is 2.27 bits per heavy atom. The van der Waals surface area contributed by atoms with Crippen molar-refractivity contribution in [3.63, 3.8) is 0 Å². The molecule has 1 unspecified atom stereocenters. The number of rotatable bonds is 3. The smallest absolute Gasteiger partial charge is 0.319 e. The lowest BCUT2D eigenvalue weighted by atomic mass is 9.95. The van der Waals surface area contributed by atoms with Crippen LogP contribution in [0, 0.1) is 0 Å². The minimum absolute atomic E-state index is 0.142. The van der Waals surface area contributed by atoms with E-state index >= 15 is 0 Å². The molecule has 0 saturated carbocycles. The van der Waals surface area contributed by atoms with Crippen molar-refractivity contribution in [2.24, 2.45) is 0 Å². The molecule has 10 heteroatoms. The molecule has 0 bridgehead atoms. The van der Waals surface area contributed by atoms with Gasteiger partial charge in [-0.25, -0.2) is 9.37 Å². The molecule has 6 heterocycles. The normalized spacial score (nSPS) is 30.7. The second kappa shape index (κ2) is 7.03. The van der Waals surface area contributed by atoms with Crippen LogP contribution in [0.5, 0.6) is 11.9 Å². The highest BCUT2D eigenvalue weighted by Crippen LogP contribution is 2.41. The van der Waals surface area contributed by atoms with Gasteiger partial charge < -0.3 is 19.7 Å². The quantitative estimate of drug-likeness (QED) is 0.733. The van der Waals surface area contributed by atoms with Crippen LogP contribution in [0.4, 0.5) is 10.2 Å². The van der Waals surface area contributed by atoms with Gasteiger partial charge in [-0.15, -0.1) is 0 Å². The molecular formula is C20H24ClFN6O2. The summed E-state index contributed by atoms with van der Waals surface area (Å²) < 4.78 is 26.2. The molecule has 6 rings (SSSR count). The van der Waals surface area contributed by atoms with Gasteiger partial charge >= 0.3 is 6.01 Å². The monoisotopic (exact) mass is 434 g/mol. The molecule has 4 aliphatic rings. The number of ether oxygens (including phenoxy) is 2. The van der Waals surface area contributed by atoms with Crippen LogP contribution in [-0.4, -0.2) is 83.5 Å². The largest absolute Gasteiger partial charge is 0.475 e. The van der Waals surface area contributed by atoms with E-state index in [1.54, 1.807) is 6.07 Å². The Morgan fingerprint density at radius 3 is 3.20 bits per heavy atom. The Kier molecular flexibility index (Phi) is 4.40. The van der Waals surface area contributed by atoms with Crippen molar-refractivity contribution < 1.29 is 13.9 Å². The molecule has 0 spiro atoms. The van der Waals surface area contributed by atoms with E-state index in [0.717, 1.165) is 50.2 Å². The molecule has 2 aromatic heterocycles. The van der Waals surface area contributed by atoms with Gasteiger partial charge in [0.25, 0.3) is 0 Å². The van der Waals surface area contributed by atoms with Crippen molar-refractivity contribution in [2.45, 2.75) is 37.0 Å². The van der Waals surface area contributed by atoms with Gasteiger partial charge in [-0.3, -0.25) is 4.90 Å². The molecule has 0 aromatic carbocycles. The molecule has 0 aliphatic carbocycles. The number of nitrogens with one attached hydrogen (secondary N) is 1. The van der Waals surface area contributed by atoms with Crippen LogP contribution in [0.15, 0.2) is 6.07 Å². The first-order valence-electron chi connectivity index (χ1n) is 10.6. The second-order valence-electron chi connectivity index (χ2n) is 8.70. The highest BCUT2D eigenvalue weighted by Gasteiger charge is 2.49. The van der Waals surface area contributed by atoms with Crippen molar-refractivity contribution in [2.75, 3.05) is 50.8 Å². The van der Waals surface area contributed by atoms with Crippen molar-refractivity contribution in [1.29, 1.82) is 0 Å². The summed E-state index contributed by atoms with van der Waals surface area (Å²) in [6.45, 7) is 4.80. The second-order valence-corrected chi connectivity index (χ2v) is 9.09. The van der Waals surface area contributed by atoms with Crippen LogP contribution < -0.4 is 19.7 Å². The minimum atomic E-state index is -0.790. The molecule has 4 aliphatic heterocycles. The average Bonchev–Trinajstić information content (AvgIpc) is 3.20. The zero-order valence-electron chi connectivity index (χ0n) is 16.6. The Balaban J connectivity index is 1.38. The van der Waals surface area contributed by atoms with Gasteiger partial charge in [-0.2, -0.15) is 9.97 Å². The SMILES string of the molecule is F[C@H]1CN2CCCC2(COc2nc3c4c(nc(Cl)cc4n2)OC[C@H]2CNCCN32)C1. The van der Waals surface area contributed by atoms with Gasteiger partial charge in [0.1, 0.15) is 35.7 Å². The maximum atomic E-state index is 14.1. The van der Waals surface area contributed by atoms with Gasteiger partial charge in [-0.1, -0.05) is 11.6 Å². The fraction of sp³-hybridized carbons (Fsp3) is 0.650. The first-order valence-corrected chi connectivity index (χ1v) is 11.0. The summed E-state index contributed by atoms with van der Waals surface area (Å²) in [5.74, 6) is 1.24. The maximum absolute atomic E-state index is 14.1. The Labute approximate surface area is 178 Å². The van der Waals surface area contributed by atoms with Crippen LogP contribution in [-0.2, 0) is 0 Å². The van der Waals surface area contributed by atoms with Gasteiger partial charge in [0.05, 0.1) is 17.1 Å². The summed E-state index contributed by atoms with van der Waals surface area (Å²) in [4.78, 5) is 18.2.